The minimum absolute atomic E-state index is 0.106. The van der Waals surface area contributed by atoms with Crippen LogP contribution in [0.4, 0.5) is 11.5 Å². The summed E-state index contributed by atoms with van der Waals surface area (Å²) in [5.74, 6) is 1.29. The molecule has 0 unspecified atom stereocenters. The first-order valence-corrected chi connectivity index (χ1v) is 30.8. The molecule has 8 aromatic rings. The van der Waals surface area contributed by atoms with E-state index in [0.717, 1.165) is 30.9 Å². The fourth-order valence-electron chi connectivity index (χ4n) is 8.06. The zero-order chi connectivity index (χ0) is 47.6. The van der Waals surface area contributed by atoms with Crippen LogP contribution in [-0.4, -0.2) is 50.9 Å². The summed E-state index contributed by atoms with van der Waals surface area (Å²) in [6, 6.07) is 73.8. The topological polar surface area (TPSA) is 98.4 Å². The molecule has 1 aliphatic carbocycles. The number of sulfone groups is 1. The zero-order valence-electron chi connectivity index (χ0n) is 37.7. The zero-order valence-corrected chi connectivity index (χ0v) is 43.3. The number of halogens is 2. The number of anilines is 2. The van der Waals surface area contributed by atoms with E-state index < -0.39 is 30.4 Å². The molecule has 2 N–H and O–H groups in total. The number of hydrogen-bond donors (Lipinski definition) is 1. The summed E-state index contributed by atoms with van der Waals surface area (Å²) >= 11 is -0.106. The van der Waals surface area contributed by atoms with Gasteiger partial charge in [0.1, 0.15) is 10.6 Å². The molecule has 68 heavy (non-hydrogen) atoms. The molecule has 2 aliphatic rings. The largest absolute Gasteiger partial charge is 0.0622 e. The molecule has 2 fully saturated rings. The predicted octanol–water partition coefficient (Wildman–Crippen LogP) is 10.3. The third-order valence-corrected chi connectivity index (χ3v) is 18.6. The van der Waals surface area contributed by atoms with Crippen molar-refractivity contribution in [1.29, 1.82) is 0 Å². The quantitative estimate of drug-likeness (QED) is 0.0828. The van der Waals surface area contributed by atoms with Crippen LogP contribution in [0.3, 0.4) is 0 Å². The Morgan fingerprint density at radius 2 is 0.897 bits per heavy atom. The van der Waals surface area contributed by atoms with E-state index in [1.807, 2.05) is 18.2 Å². The van der Waals surface area contributed by atoms with Gasteiger partial charge in [-0.1, -0.05) is 182 Å². The van der Waals surface area contributed by atoms with Gasteiger partial charge in [0, 0.05) is 36.7 Å². The first kappa shape index (κ1) is 51.1. The van der Waals surface area contributed by atoms with Crippen LogP contribution in [0, 0.1) is 0 Å². The second-order valence-corrected chi connectivity index (χ2v) is 25.1. The second-order valence-electron chi connectivity index (χ2n) is 16.0. The summed E-state index contributed by atoms with van der Waals surface area (Å²) in [5, 5.41) is 8.39. The van der Waals surface area contributed by atoms with Crippen LogP contribution in [-0.2, 0) is 35.3 Å². The van der Waals surface area contributed by atoms with Crippen molar-refractivity contribution in [1.82, 2.24) is 9.97 Å². The summed E-state index contributed by atoms with van der Waals surface area (Å²) in [7, 11) is 5.45. The van der Waals surface area contributed by atoms with Crippen LogP contribution in [0.5, 0.6) is 0 Å². The Bertz CT molecular complexity index is 2530. The van der Waals surface area contributed by atoms with Gasteiger partial charge in [0.15, 0.2) is 15.7 Å². The van der Waals surface area contributed by atoms with Crippen LogP contribution in [0.15, 0.2) is 212 Å². The number of morpholine rings is 1. The molecule has 0 radical (unpaired) electrons. The number of ether oxygens (including phenoxy) is 1. The van der Waals surface area contributed by atoms with Crippen molar-refractivity contribution >= 4 is 88.1 Å². The fraction of sp³-hybridized carbons (Fsp3) is 0.164. The maximum atomic E-state index is 12.6. The normalized spacial score (nSPS) is 14.0. The number of rotatable bonds is 10. The smallest absolute Gasteiger partial charge is 0.0134 e. The van der Waals surface area contributed by atoms with Crippen molar-refractivity contribution in [3.63, 3.8) is 0 Å². The van der Waals surface area contributed by atoms with Crippen molar-refractivity contribution in [3.05, 3.63) is 218 Å². The van der Waals surface area contributed by atoms with E-state index in [9.17, 15) is 8.42 Å². The van der Waals surface area contributed by atoms with Crippen LogP contribution < -0.4 is 42.5 Å². The molecule has 1 aromatic heterocycles. The van der Waals surface area contributed by atoms with E-state index >= 15 is 0 Å². The Hall–Kier alpha value is -4.77. The molecular formula is C55H54Cl2N4O3P2PdS. The van der Waals surface area contributed by atoms with Crippen LogP contribution in [0.25, 0.3) is 11.4 Å². The maximum Gasteiger partial charge on any atom is -0.0134 e. The Balaban J connectivity index is 0.000000150. The first-order chi connectivity index (χ1) is 33.2. The van der Waals surface area contributed by atoms with Gasteiger partial charge in [0.25, 0.3) is 0 Å². The van der Waals surface area contributed by atoms with E-state index in [4.69, 9.17) is 39.5 Å². The van der Waals surface area contributed by atoms with Gasteiger partial charge in [-0.05, 0) is 91.2 Å². The van der Waals surface area contributed by atoms with Gasteiger partial charge in [-0.3, -0.25) is 0 Å². The molecular weight excluding hydrogens is 1040 g/mol. The molecule has 1 saturated carbocycles. The average molecular weight is 1090 g/mol. The number of nitrogens with two attached hydrogens (primary N) is 1. The number of hydrogen-bond acceptors (Lipinski definition) is 7. The Morgan fingerprint density at radius 3 is 1.19 bits per heavy atom. The molecule has 0 spiro atoms. The van der Waals surface area contributed by atoms with Gasteiger partial charge in [-0.2, -0.15) is 0 Å². The molecule has 0 bridgehead atoms. The van der Waals surface area contributed by atoms with Gasteiger partial charge in [0.2, 0.25) is 0 Å². The first-order valence-electron chi connectivity index (χ1n) is 22.2. The van der Waals surface area contributed by atoms with Gasteiger partial charge < -0.3 is 15.4 Å². The minimum atomic E-state index is -3.29. The number of nitrogen functional groups attached to an aromatic ring is 1. The molecule has 7 aromatic carbocycles. The molecule has 13 heteroatoms. The molecule has 2 heterocycles. The standard InChI is InChI=1S/C19H24N4O3S.2C18H15P.2ClH.Pd/c1-27(24,25)19(7-2-8-19)16-13-17(23-9-11-26-12-10-23)22-18(21-16)14-3-5-15(20)6-4-14;2*1-4-10-16(11-5-1)19(17-12-6-2-7-13-17)18-14-8-3-9-15-18;;;/h3-6,13H,2,7-12,20H2,1H3;2*1-15H;2*1H;/q;;;;;+2/p-2. The Morgan fingerprint density at radius 1 is 0.559 bits per heavy atom. The van der Waals surface area contributed by atoms with Gasteiger partial charge in [-0.25, -0.2) is 18.4 Å². The summed E-state index contributed by atoms with van der Waals surface area (Å²) < 4.78 is 29.7. The SMILES string of the molecule is CS(=O)(=O)C1(c2cc(N3CCOCC3)nc(-c3ccc(N)cc3)n2)CCC1.[Cl][Pd][Cl].c1ccc(P(c2ccccc2)c2ccccc2)cc1.c1ccc(P(c2ccccc2)c2ccccc2)cc1. The van der Waals surface area contributed by atoms with E-state index in [-0.39, 0.29) is 15.9 Å². The maximum absolute atomic E-state index is 12.6. The van der Waals surface area contributed by atoms with E-state index in [2.05, 4.69) is 187 Å². The third-order valence-electron chi connectivity index (χ3n) is 11.6. The molecule has 0 atom stereocenters. The fourth-order valence-corrected chi connectivity index (χ4v) is 14.2. The van der Waals surface area contributed by atoms with Crippen molar-refractivity contribution in [3.8, 4) is 11.4 Å². The molecule has 10 rings (SSSR count). The molecule has 0 amide bonds. The molecule has 352 valence electrons. The molecule has 7 nitrogen and oxygen atoms in total. The summed E-state index contributed by atoms with van der Waals surface area (Å²) in [6.45, 7) is 2.72. The van der Waals surface area contributed by atoms with Crippen molar-refractivity contribution in [2.24, 2.45) is 0 Å². The minimum Gasteiger partial charge on any atom is -0.0622 e. The monoisotopic (exact) mass is 1090 g/mol. The van der Waals surface area contributed by atoms with Crippen LogP contribution >= 0.6 is 34.9 Å². The van der Waals surface area contributed by atoms with Crippen LogP contribution in [0.2, 0.25) is 0 Å². The van der Waals surface area contributed by atoms with Gasteiger partial charge in [0.05, 0.1) is 18.9 Å². The number of benzene rings is 7. The average Bonchev–Trinajstić information content (AvgIpc) is 3.36. The van der Waals surface area contributed by atoms with E-state index in [1.54, 1.807) is 12.1 Å². The van der Waals surface area contributed by atoms with Crippen molar-refractivity contribution in [2.45, 2.75) is 24.0 Å². The van der Waals surface area contributed by atoms with Gasteiger partial charge in [-0.15, -0.1) is 0 Å². The molecule has 1 aliphatic heterocycles. The van der Waals surface area contributed by atoms with Gasteiger partial charge >= 0.3 is 35.0 Å². The summed E-state index contributed by atoms with van der Waals surface area (Å²) in [6.07, 6.45) is 3.41. The summed E-state index contributed by atoms with van der Waals surface area (Å²) in [4.78, 5) is 11.6. The second kappa shape index (κ2) is 25.7. The number of nitrogens with zero attached hydrogens (tertiary/aromatic N) is 3. The van der Waals surface area contributed by atoms with Crippen molar-refractivity contribution < 1.29 is 29.1 Å². The summed E-state index contributed by atoms with van der Waals surface area (Å²) in [5.41, 5.74) is 7.88. The number of aromatic nitrogens is 2. The van der Waals surface area contributed by atoms with E-state index in [1.165, 1.54) is 38.1 Å². The van der Waals surface area contributed by atoms with Crippen molar-refractivity contribution in [2.75, 3.05) is 43.2 Å². The third kappa shape index (κ3) is 13.5. The predicted molar refractivity (Wildman–Crippen MR) is 287 cm³/mol. The van der Waals surface area contributed by atoms with E-state index in [0.29, 0.717) is 43.3 Å². The Kier molecular flexibility index (Phi) is 19.3. The van der Waals surface area contributed by atoms with Crippen LogP contribution in [0.1, 0.15) is 25.0 Å². The molecule has 1 saturated heterocycles. The Labute approximate surface area is 420 Å².